The average Bonchev–Trinajstić information content (AvgIpc) is 2.90. The van der Waals surface area contributed by atoms with Crippen LogP contribution >= 0.6 is 0 Å². The van der Waals surface area contributed by atoms with Crippen LogP contribution in [0.2, 0.25) is 0 Å². The molecule has 0 aliphatic carbocycles. The third kappa shape index (κ3) is 2.32. The van der Waals surface area contributed by atoms with Crippen LogP contribution in [0.5, 0.6) is 0 Å². The summed E-state index contributed by atoms with van der Waals surface area (Å²) in [5.41, 5.74) is 0. The van der Waals surface area contributed by atoms with E-state index in [-0.39, 0.29) is 0 Å². The molecule has 0 amide bonds. The molecule has 4 rings (SSSR count). The normalized spacial score (nSPS) is 44.2. The molecule has 0 radical (unpaired) electrons. The molecule has 3 nitrogen and oxygen atoms in total. The number of fused-ring (bicyclic) bond motifs is 2. The SMILES string of the molecule is CC1CN2CCCCC2CN1C1CCN2CCCCC12. The highest BCUT2D eigenvalue weighted by atomic mass is 15.4. The number of piperidine rings is 2. The van der Waals surface area contributed by atoms with Gasteiger partial charge in [-0.3, -0.25) is 14.7 Å². The first-order chi connectivity index (χ1) is 9.83. The summed E-state index contributed by atoms with van der Waals surface area (Å²) < 4.78 is 0. The van der Waals surface area contributed by atoms with E-state index in [0.717, 1.165) is 24.2 Å². The average molecular weight is 277 g/mol. The van der Waals surface area contributed by atoms with Crippen LogP contribution in [-0.4, -0.2) is 71.6 Å². The van der Waals surface area contributed by atoms with Crippen LogP contribution in [0.4, 0.5) is 0 Å². The lowest BCUT2D eigenvalue weighted by Crippen LogP contribution is -2.62. The maximum atomic E-state index is 2.92. The van der Waals surface area contributed by atoms with Gasteiger partial charge in [0.1, 0.15) is 0 Å². The van der Waals surface area contributed by atoms with Crippen molar-refractivity contribution >= 4 is 0 Å². The third-order valence-electron chi connectivity index (χ3n) is 6.48. The highest BCUT2D eigenvalue weighted by molar-refractivity contribution is 5.00. The quantitative estimate of drug-likeness (QED) is 0.727. The van der Waals surface area contributed by atoms with Crippen molar-refractivity contribution < 1.29 is 0 Å². The minimum Gasteiger partial charge on any atom is -0.299 e. The molecule has 0 saturated carbocycles. The van der Waals surface area contributed by atoms with E-state index in [1.54, 1.807) is 0 Å². The fraction of sp³-hybridized carbons (Fsp3) is 1.00. The Morgan fingerprint density at radius 1 is 0.700 bits per heavy atom. The van der Waals surface area contributed by atoms with Gasteiger partial charge in [-0.1, -0.05) is 12.8 Å². The summed E-state index contributed by atoms with van der Waals surface area (Å²) in [4.78, 5) is 8.51. The van der Waals surface area contributed by atoms with E-state index in [2.05, 4.69) is 21.6 Å². The molecule has 4 aliphatic heterocycles. The van der Waals surface area contributed by atoms with Gasteiger partial charge >= 0.3 is 0 Å². The molecule has 0 bridgehead atoms. The summed E-state index contributed by atoms with van der Waals surface area (Å²) in [6, 6.07) is 3.41. The minimum absolute atomic E-state index is 0.774. The molecule has 20 heavy (non-hydrogen) atoms. The molecule has 0 aromatic rings. The van der Waals surface area contributed by atoms with Crippen LogP contribution in [0.1, 0.15) is 51.9 Å². The molecule has 0 aromatic heterocycles. The Bertz CT molecular complexity index is 345. The standard InChI is InChI=1S/C17H31N3/c1-14-12-19-10-4-2-6-15(19)13-20(14)17-8-11-18-9-5-3-7-16(17)18/h14-17H,2-13H2,1H3. The smallest absolute Gasteiger partial charge is 0.0267 e. The summed E-state index contributed by atoms with van der Waals surface area (Å²) >= 11 is 0. The summed E-state index contributed by atoms with van der Waals surface area (Å²) in [5, 5.41) is 0. The second-order valence-corrected chi connectivity index (χ2v) is 7.65. The van der Waals surface area contributed by atoms with Gasteiger partial charge < -0.3 is 0 Å². The summed E-state index contributed by atoms with van der Waals surface area (Å²) in [6.07, 6.45) is 10.1. The Kier molecular flexibility index (Phi) is 3.78. The first-order valence-electron chi connectivity index (χ1n) is 9.07. The largest absolute Gasteiger partial charge is 0.299 e. The minimum atomic E-state index is 0.774. The fourth-order valence-corrected chi connectivity index (χ4v) is 5.44. The van der Waals surface area contributed by atoms with Gasteiger partial charge in [0.2, 0.25) is 0 Å². The zero-order valence-corrected chi connectivity index (χ0v) is 13.1. The van der Waals surface area contributed by atoms with Crippen molar-refractivity contribution in [1.29, 1.82) is 0 Å². The molecule has 4 atom stereocenters. The van der Waals surface area contributed by atoms with Gasteiger partial charge in [-0.2, -0.15) is 0 Å². The number of piperazine rings is 1. The predicted molar refractivity (Wildman–Crippen MR) is 83.0 cm³/mol. The highest BCUT2D eigenvalue weighted by Gasteiger charge is 2.43. The van der Waals surface area contributed by atoms with Crippen LogP contribution in [0.15, 0.2) is 0 Å². The van der Waals surface area contributed by atoms with Crippen LogP contribution in [-0.2, 0) is 0 Å². The zero-order chi connectivity index (χ0) is 13.5. The van der Waals surface area contributed by atoms with Gasteiger partial charge in [-0.15, -0.1) is 0 Å². The van der Waals surface area contributed by atoms with E-state index in [4.69, 9.17) is 0 Å². The van der Waals surface area contributed by atoms with E-state index >= 15 is 0 Å². The monoisotopic (exact) mass is 277 g/mol. The number of rotatable bonds is 1. The van der Waals surface area contributed by atoms with Crippen molar-refractivity contribution in [3.63, 3.8) is 0 Å². The Balaban J connectivity index is 1.47. The molecular weight excluding hydrogens is 246 g/mol. The summed E-state index contributed by atoms with van der Waals surface area (Å²) in [6.45, 7) is 9.27. The number of hydrogen-bond acceptors (Lipinski definition) is 3. The van der Waals surface area contributed by atoms with Crippen LogP contribution in [0, 0.1) is 0 Å². The van der Waals surface area contributed by atoms with E-state index in [9.17, 15) is 0 Å². The second kappa shape index (κ2) is 5.58. The molecule has 4 heterocycles. The van der Waals surface area contributed by atoms with Gasteiger partial charge in [0, 0.05) is 43.8 Å². The molecule has 4 saturated heterocycles. The first kappa shape index (κ1) is 13.5. The molecule has 0 aromatic carbocycles. The van der Waals surface area contributed by atoms with Gasteiger partial charge in [0.25, 0.3) is 0 Å². The Hall–Kier alpha value is -0.120. The fourth-order valence-electron chi connectivity index (χ4n) is 5.44. The molecule has 4 aliphatic rings. The van der Waals surface area contributed by atoms with Gasteiger partial charge in [-0.25, -0.2) is 0 Å². The topological polar surface area (TPSA) is 9.72 Å². The van der Waals surface area contributed by atoms with Crippen LogP contribution < -0.4 is 0 Å². The van der Waals surface area contributed by atoms with Gasteiger partial charge in [-0.05, 0) is 52.1 Å². The third-order valence-corrected chi connectivity index (χ3v) is 6.48. The molecule has 4 fully saturated rings. The molecule has 114 valence electrons. The maximum absolute atomic E-state index is 2.92. The lowest BCUT2D eigenvalue weighted by Gasteiger charge is -2.51. The van der Waals surface area contributed by atoms with Crippen molar-refractivity contribution in [2.75, 3.05) is 32.7 Å². The maximum Gasteiger partial charge on any atom is 0.0267 e. The Labute approximate surface area is 124 Å². The first-order valence-corrected chi connectivity index (χ1v) is 9.07. The Morgan fingerprint density at radius 3 is 2.40 bits per heavy atom. The zero-order valence-electron chi connectivity index (χ0n) is 13.1. The second-order valence-electron chi connectivity index (χ2n) is 7.65. The summed E-state index contributed by atoms with van der Waals surface area (Å²) in [7, 11) is 0. The van der Waals surface area contributed by atoms with Crippen LogP contribution in [0.3, 0.4) is 0 Å². The van der Waals surface area contributed by atoms with Gasteiger partial charge in [0.05, 0.1) is 0 Å². The van der Waals surface area contributed by atoms with E-state index in [0.29, 0.717) is 0 Å². The van der Waals surface area contributed by atoms with Crippen molar-refractivity contribution in [2.45, 2.75) is 76.0 Å². The molecule has 0 N–H and O–H groups in total. The molecule has 4 unspecified atom stereocenters. The van der Waals surface area contributed by atoms with Crippen molar-refractivity contribution in [3.8, 4) is 0 Å². The number of hydrogen-bond donors (Lipinski definition) is 0. The molecule has 3 heteroatoms. The predicted octanol–water partition coefficient (Wildman–Crippen LogP) is 2.17. The number of nitrogens with zero attached hydrogens (tertiary/aromatic N) is 3. The van der Waals surface area contributed by atoms with Crippen LogP contribution in [0.25, 0.3) is 0 Å². The van der Waals surface area contributed by atoms with E-state index in [1.807, 2.05) is 0 Å². The molecular formula is C17H31N3. The summed E-state index contributed by atoms with van der Waals surface area (Å²) in [5.74, 6) is 0. The Morgan fingerprint density at radius 2 is 1.50 bits per heavy atom. The molecule has 0 spiro atoms. The lowest BCUT2D eigenvalue weighted by molar-refractivity contribution is -0.0190. The van der Waals surface area contributed by atoms with Crippen molar-refractivity contribution in [1.82, 2.24) is 14.7 Å². The lowest BCUT2D eigenvalue weighted by atomic mass is 9.92. The highest BCUT2D eigenvalue weighted by Crippen LogP contribution is 2.34. The van der Waals surface area contributed by atoms with Gasteiger partial charge in [0.15, 0.2) is 0 Å². The van der Waals surface area contributed by atoms with E-state index in [1.165, 1.54) is 77.7 Å². The van der Waals surface area contributed by atoms with E-state index < -0.39 is 0 Å². The van der Waals surface area contributed by atoms with Crippen molar-refractivity contribution in [2.24, 2.45) is 0 Å². The van der Waals surface area contributed by atoms with Crippen molar-refractivity contribution in [3.05, 3.63) is 0 Å².